The van der Waals surface area contributed by atoms with Crippen LogP contribution in [0.4, 0.5) is 0 Å². The summed E-state index contributed by atoms with van der Waals surface area (Å²) in [6.45, 7) is 7.19. The van der Waals surface area contributed by atoms with Crippen LogP contribution in [-0.4, -0.2) is 36.1 Å². The SMILES string of the molecule is CCCNC1CCCCC1N1CCCCC1CCC. The maximum atomic E-state index is 3.84. The molecule has 0 aromatic carbocycles. The molecule has 2 aliphatic rings. The average Bonchev–Trinajstić information content (AvgIpc) is 2.46. The molecular formula is C17H34N2. The van der Waals surface area contributed by atoms with Crippen molar-refractivity contribution in [2.45, 2.75) is 96.2 Å². The minimum Gasteiger partial charge on any atom is -0.312 e. The van der Waals surface area contributed by atoms with E-state index in [1.54, 1.807) is 0 Å². The van der Waals surface area contributed by atoms with Crippen LogP contribution in [0.25, 0.3) is 0 Å². The fourth-order valence-corrected chi connectivity index (χ4v) is 4.18. The maximum Gasteiger partial charge on any atom is 0.0252 e. The predicted octanol–water partition coefficient (Wildman–Crippen LogP) is 3.95. The summed E-state index contributed by atoms with van der Waals surface area (Å²) >= 11 is 0. The minimum atomic E-state index is 0.770. The van der Waals surface area contributed by atoms with Gasteiger partial charge in [0.15, 0.2) is 0 Å². The quantitative estimate of drug-likeness (QED) is 0.783. The summed E-state index contributed by atoms with van der Waals surface area (Å²) in [4.78, 5) is 2.90. The molecule has 2 nitrogen and oxygen atoms in total. The van der Waals surface area contributed by atoms with Crippen molar-refractivity contribution in [3.63, 3.8) is 0 Å². The summed E-state index contributed by atoms with van der Waals surface area (Å²) in [5.74, 6) is 0. The Bertz CT molecular complexity index is 239. The van der Waals surface area contributed by atoms with Gasteiger partial charge in [0.25, 0.3) is 0 Å². The third kappa shape index (κ3) is 4.19. The van der Waals surface area contributed by atoms with E-state index >= 15 is 0 Å². The zero-order chi connectivity index (χ0) is 13.5. The molecule has 0 radical (unpaired) electrons. The van der Waals surface area contributed by atoms with Gasteiger partial charge in [0.2, 0.25) is 0 Å². The average molecular weight is 266 g/mol. The van der Waals surface area contributed by atoms with E-state index < -0.39 is 0 Å². The molecule has 2 fully saturated rings. The van der Waals surface area contributed by atoms with Gasteiger partial charge in [0.05, 0.1) is 0 Å². The summed E-state index contributed by atoms with van der Waals surface area (Å²) in [5, 5.41) is 3.84. The third-order valence-corrected chi connectivity index (χ3v) is 5.11. The van der Waals surface area contributed by atoms with Gasteiger partial charge in [-0.1, -0.05) is 39.5 Å². The molecule has 19 heavy (non-hydrogen) atoms. The number of likely N-dealkylation sites (tertiary alicyclic amines) is 1. The normalized spacial score (nSPS) is 33.5. The molecule has 2 rings (SSSR count). The highest BCUT2D eigenvalue weighted by Crippen LogP contribution is 2.30. The van der Waals surface area contributed by atoms with Crippen molar-refractivity contribution in [3.8, 4) is 0 Å². The lowest BCUT2D eigenvalue weighted by Crippen LogP contribution is -2.56. The molecule has 0 aromatic rings. The fraction of sp³-hybridized carbons (Fsp3) is 1.00. The lowest BCUT2D eigenvalue weighted by molar-refractivity contribution is 0.0476. The van der Waals surface area contributed by atoms with Crippen LogP contribution in [0.5, 0.6) is 0 Å². The zero-order valence-electron chi connectivity index (χ0n) is 13.2. The van der Waals surface area contributed by atoms with Crippen LogP contribution in [0.2, 0.25) is 0 Å². The van der Waals surface area contributed by atoms with Gasteiger partial charge in [0.1, 0.15) is 0 Å². The van der Waals surface area contributed by atoms with Crippen LogP contribution in [0, 0.1) is 0 Å². The topological polar surface area (TPSA) is 15.3 Å². The van der Waals surface area contributed by atoms with E-state index in [-0.39, 0.29) is 0 Å². The van der Waals surface area contributed by atoms with E-state index in [1.165, 1.54) is 77.3 Å². The molecule has 112 valence electrons. The zero-order valence-corrected chi connectivity index (χ0v) is 13.2. The molecule has 1 saturated heterocycles. The first-order valence-corrected chi connectivity index (χ1v) is 8.86. The van der Waals surface area contributed by atoms with Crippen molar-refractivity contribution in [2.75, 3.05) is 13.1 Å². The third-order valence-electron chi connectivity index (χ3n) is 5.11. The Morgan fingerprint density at radius 2 is 1.74 bits per heavy atom. The molecule has 1 N–H and O–H groups in total. The molecule has 1 aliphatic heterocycles. The highest BCUT2D eigenvalue weighted by molar-refractivity contribution is 4.92. The first kappa shape index (κ1) is 15.3. The van der Waals surface area contributed by atoms with Gasteiger partial charge in [-0.15, -0.1) is 0 Å². The number of piperidine rings is 1. The molecular weight excluding hydrogens is 232 g/mol. The van der Waals surface area contributed by atoms with Gasteiger partial charge in [-0.3, -0.25) is 4.90 Å². The molecule has 3 unspecified atom stereocenters. The van der Waals surface area contributed by atoms with Gasteiger partial charge < -0.3 is 5.32 Å². The standard InChI is InChI=1S/C17H34N2/c1-3-9-15-10-7-8-14-19(15)17-12-6-5-11-16(17)18-13-4-2/h15-18H,3-14H2,1-2H3. The van der Waals surface area contributed by atoms with E-state index in [4.69, 9.17) is 0 Å². The second-order valence-corrected chi connectivity index (χ2v) is 6.59. The number of nitrogens with zero attached hydrogens (tertiary/aromatic N) is 1. The Kier molecular flexibility index (Phi) is 6.66. The molecule has 2 heteroatoms. The van der Waals surface area contributed by atoms with Crippen molar-refractivity contribution >= 4 is 0 Å². The summed E-state index contributed by atoms with van der Waals surface area (Å²) < 4.78 is 0. The predicted molar refractivity (Wildman–Crippen MR) is 83.6 cm³/mol. The Morgan fingerprint density at radius 3 is 2.53 bits per heavy atom. The van der Waals surface area contributed by atoms with Crippen LogP contribution in [0.1, 0.15) is 78.1 Å². The van der Waals surface area contributed by atoms with Crippen LogP contribution >= 0.6 is 0 Å². The van der Waals surface area contributed by atoms with E-state index in [9.17, 15) is 0 Å². The highest BCUT2D eigenvalue weighted by Gasteiger charge is 2.34. The smallest absolute Gasteiger partial charge is 0.0252 e. The first-order valence-electron chi connectivity index (χ1n) is 8.86. The van der Waals surface area contributed by atoms with Gasteiger partial charge >= 0.3 is 0 Å². The highest BCUT2D eigenvalue weighted by atomic mass is 15.2. The van der Waals surface area contributed by atoms with Crippen molar-refractivity contribution in [3.05, 3.63) is 0 Å². The van der Waals surface area contributed by atoms with Gasteiger partial charge in [-0.2, -0.15) is 0 Å². The molecule has 0 bridgehead atoms. The maximum absolute atomic E-state index is 3.84. The summed E-state index contributed by atoms with van der Waals surface area (Å²) in [6.07, 6.45) is 14.1. The molecule has 0 spiro atoms. The number of hydrogen-bond acceptors (Lipinski definition) is 2. The van der Waals surface area contributed by atoms with Gasteiger partial charge in [-0.05, 0) is 51.6 Å². The molecule has 0 amide bonds. The van der Waals surface area contributed by atoms with Gasteiger partial charge in [0, 0.05) is 18.1 Å². The lowest BCUT2D eigenvalue weighted by Gasteiger charge is -2.46. The largest absolute Gasteiger partial charge is 0.312 e. The van der Waals surface area contributed by atoms with E-state index in [1.807, 2.05) is 0 Å². The molecule has 3 atom stereocenters. The van der Waals surface area contributed by atoms with Crippen molar-refractivity contribution in [1.29, 1.82) is 0 Å². The van der Waals surface area contributed by atoms with Gasteiger partial charge in [-0.25, -0.2) is 0 Å². The molecule has 1 aliphatic carbocycles. The number of nitrogens with one attached hydrogen (secondary N) is 1. The summed E-state index contributed by atoms with van der Waals surface area (Å²) in [5.41, 5.74) is 0. The molecule has 0 aromatic heterocycles. The van der Waals surface area contributed by atoms with Crippen molar-refractivity contribution in [2.24, 2.45) is 0 Å². The second kappa shape index (κ2) is 8.26. The Morgan fingerprint density at radius 1 is 0.947 bits per heavy atom. The Hall–Kier alpha value is -0.0800. The van der Waals surface area contributed by atoms with Crippen LogP contribution in [-0.2, 0) is 0 Å². The summed E-state index contributed by atoms with van der Waals surface area (Å²) in [6, 6.07) is 2.48. The van der Waals surface area contributed by atoms with Crippen LogP contribution < -0.4 is 5.32 Å². The van der Waals surface area contributed by atoms with Crippen LogP contribution in [0.15, 0.2) is 0 Å². The first-order chi connectivity index (χ1) is 9.36. The Balaban J connectivity index is 1.97. The monoisotopic (exact) mass is 266 g/mol. The fourth-order valence-electron chi connectivity index (χ4n) is 4.18. The van der Waals surface area contributed by atoms with Crippen molar-refractivity contribution in [1.82, 2.24) is 10.2 Å². The van der Waals surface area contributed by atoms with E-state index in [0.717, 1.165) is 18.1 Å². The minimum absolute atomic E-state index is 0.770. The van der Waals surface area contributed by atoms with E-state index in [0.29, 0.717) is 0 Å². The second-order valence-electron chi connectivity index (χ2n) is 6.59. The lowest BCUT2D eigenvalue weighted by atomic mass is 9.85. The number of hydrogen-bond donors (Lipinski definition) is 1. The van der Waals surface area contributed by atoms with Crippen molar-refractivity contribution < 1.29 is 0 Å². The number of rotatable bonds is 6. The Labute approximate surface area is 120 Å². The summed E-state index contributed by atoms with van der Waals surface area (Å²) in [7, 11) is 0. The molecule has 1 heterocycles. The molecule has 1 saturated carbocycles. The van der Waals surface area contributed by atoms with E-state index in [2.05, 4.69) is 24.1 Å². The van der Waals surface area contributed by atoms with Crippen LogP contribution in [0.3, 0.4) is 0 Å².